The lowest BCUT2D eigenvalue weighted by Gasteiger charge is -2.13. The van der Waals surface area contributed by atoms with E-state index in [2.05, 4.69) is 19.9 Å². The Bertz CT molecular complexity index is 135. The van der Waals surface area contributed by atoms with E-state index in [0.717, 1.165) is 6.42 Å². The quantitative estimate of drug-likeness (QED) is 0.449. The van der Waals surface area contributed by atoms with Gasteiger partial charge < -0.3 is 9.47 Å². The lowest BCUT2D eigenvalue weighted by Crippen LogP contribution is -2.14. The van der Waals surface area contributed by atoms with Gasteiger partial charge in [-0.15, -0.1) is 0 Å². The van der Waals surface area contributed by atoms with Crippen LogP contribution >= 0.6 is 0 Å². The van der Waals surface area contributed by atoms with E-state index < -0.39 is 0 Å². The molecule has 0 amide bonds. The molecule has 0 atom stereocenters. The molecule has 0 aliphatic carbocycles. The van der Waals surface area contributed by atoms with Gasteiger partial charge in [0.05, 0.1) is 0 Å². The van der Waals surface area contributed by atoms with E-state index in [-0.39, 0.29) is 6.29 Å². The van der Waals surface area contributed by atoms with Crippen LogP contribution in [0, 0.1) is 0 Å². The monoisotopic (exact) mass is 186 g/mol. The Morgan fingerprint density at radius 2 is 1.69 bits per heavy atom. The van der Waals surface area contributed by atoms with E-state index in [1.165, 1.54) is 12.0 Å². The molecule has 0 rings (SSSR count). The Kier molecular flexibility index (Phi) is 8.05. The Labute approximate surface area is 81.9 Å². The van der Waals surface area contributed by atoms with Gasteiger partial charge in [-0.1, -0.05) is 18.9 Å². The van der Waals surface area contributed by atoms with Gasteiger partial charge >= 0.3 is 0 Å². The van der Waals surface area contributed by atoms with Crippen LogP contribution in [0.4, 0.5) is 0 Å². The molecule has 0 aromatic carbocycles. The van der Waals surface area contributed by atoms with E-state index in [9.17, 15) is 0 Å². The number of hydrogen-bond donors (Lipinski definition) is 0. The first-order valence-corrected chi connectivity index (χ1v) is 5.15. The first-order chi connectivity index (χ1) is 6.24. The van der Waals surface area contributed by atoms with Crippen molar-refractivity contribution in [2.24, 2.45) is 0 Å². The van der Waals surface area contributed by atoms with Gasteiger partial charge in [0.1, 0.15) is 0 Å². The Hall–Kier alpha value is -0.340. The van der Waals surface area contributed by atoms with Crippen LogP contribution in [0.5, 0.6) is 0 Å². The Morgan fingerprint density at radius 3 is 2.08 bits per heavy atom. The van der Waals surface area contributed by atoms with Gasteiger partial charge in [0.25, 0.3) is 0 Å². The minimum atomic E-state index is -0.151. The molecular formula is C11H22O2. The molecule has 0 aromatic heterocycles. The highest BCUT2D eigenvalue weighted by atomic mass is 16.7. The maximum Gasteiger partial charge on any atom is 0.177 e. The summed E-state index contributed by atoms with van der Waals surface area (Å²) in [5.41, 5.74) is 1.34. The fraction of sp³-hybridized carbons (Fsp3) is 0.818. The van der Waals surface area contributed by atoms with Gasteiger partial charge in [-0.3, -0.25) is 0 Å². The molecule has 0 bridgehead atoms. The van der Waals surface area contributed by atoms with Crippen molar-refractivity contribution in [1.82, 2.24) is 0 Å². The highest BCUT2D eigenvalue weighted by molar-refractivity contribution is 4.99. The maximum atomic E-state index is 5.40. The van der Waals surface area contributed by atoms with Crippen LogP contribution in [0.3, 0.4) is 0 Å². The lowest BCUT2D eigenvalue weighted by molar-refractivity contribution is -0.104. The summed E-state index contributed by atoms with van der Waals surface area (Å²) in [7, 11) is 0. The summed E-state index contributed by atoms with van der Waals surface area (Å²) >= 11 is 0. The van der Waals surface area contributed by atoms with Crippen LogP contribution in [-0.2, 0) is 9.47 Å². The standard InChI is InChI=1S/C11H22O2/c1-5-8-10(4)9-11(12-6-2)13-7-3/h9,11H,5-8H2,1-4H3. The van der Waals surface area contributed by atoms with E-state index >= 15 is 0 Å². The van der Waals surface area contributed by atoms with Gasteiger partial charge in [-0.2, -0.15) is 0 Å². The van der Waals surface area contributed by atoms with Crippen molar-refractivity contribution >= 4 is 0 Å². The van der Waals surface area contributed by atoms with Gasteiger partial charge in [0.2, 0.25) is 0 Å². The second-order valence-electron chi connectivity index (χ2n) is 3.04. The van der Waals surface area contributed by atoms with E-state index in [4.69, 9.17) is 9.47 Å². The minimum absolute atomic E-state index is 0.151. The van der Waals surface area contributed by atoms with Crippen LogP contribution < -0.4 is 0 Å². The Balaban J connectivity index is 3.96. The molecule has 0 spiro atoms. The molecule has 0 N–H and O–H groups in total. The Morgan fingerprint density at radius 1 is 1.15 bits per heavy atom. The van der Waals surface area contributed by atoms with Gasteiger partial charge in [-0.25, -0.2) is 0 Å². The molecule has 0 aliphatic heterocycles. The molecule has 0 radical (unpaired) electrons. The van der Waals surface area contributed by atoms with Crippen molar-refractivity contribution in [2.75, 3.05) is 13.2 Å². The van der Waals surface area contributed by atoms with Crippen LogP contribution in [0.2, 0.25) is 0 Å². The normalized spacial score (nSPS) is 12.5. The molecule has 2 heteroatoms. The summed E-state index contributed by atoms with van der Waals surface area (Å²) < 4.78 is 10.8. The second-order valence-corrected chi connectivity index (χ2v) is 3.04. The average molecular weight is 186 g/mol. The average Bonchev–Trinajstić information content (AvgIpc) is 2.05. The number of rotatable bonds is 7. The fourth-order valence-electron chi connectivity index (χ4n) is 1.18. The topological polar surface area (TPSA) is 18.5 Å². The smallest absolute Gasteiger partial charge is 0.177 e. The van der Waals surface area contributed by atoms with Gasteiger partial charge in [0.15, 0.2) is 6.29 Å². The molecule has 0 heterocycles. The predicted octanol–water partition coefficient (Wildman–Crippen LogP) is 3.13. The lowest BCUT2D eigenvalue weighted by atomic mass is 10.1. The van der Waals surface area contributed by atoms with Crippen molar-refractivity contribution in [3.05, 3.63) is 11.6 Å². The van der Waals surface area contributed by atoms with Crippen LogP contribution in [0.15, 0.2) is 11.6 Å². The minimum Gasteiger partial charge on any atom is -0.349 e. The molecule has 0 fully saturated rings. The van der Waals surface area contributed by atoms with Crippen molar-refractivity contribution < 1.29 is 9.47 Å². The van der Waals surface area contributed by atoms with Crippen LogP contribution in [-0.4, -0.2) is 19.5 Å². The largest absolute Gasteiger partial charge is 0.349 e. The number of hydrogen-bond acceptors (Lipinski definition) is 2. The summed E-state index contributed by atoms with van der Waals surface area (Å²) in [5, 5.41) is 0. The van der Waals surface area contributed by atoms with E-state index in [1.807, 2.05) is 13.8 Å². The van der Waals surface area contributed by atoms with Crippen molar-refractivity contribution in [3.63, 3.8) is 0 Å². The highest BCUT2D eigenvalue weighted by Gasteiger charge is 2.03. The molecule has 0 unspecified atom stereocenters. The highest BCUT2D eigenvalue weighted by Crippen LogP contribution is 2.07. The van der Waals surface area contributed by atoms with Crippen molar-refractivity contribution in [1.29, 1.82) is 0 Å². The first-order valence-electron chi connectivity index (χ1n) is 5.15. The van der Waals surface area contributed by atoms with Gasteiger partial charge in [0, 0.05) is 13.2 Å². The van der Waals surface area contributed by atoms with Crippen LogP contribution in [0.1, 0.15) is 40.5 Å². The third-order valence-electron chi connectivity index (χ3n) is 1.73. The summed E-state index contributed by atoms with van der Waals surface area (Å²) in [6.07, 6.45) is 4.21. The summed E-state index contributed by atoms with van der Waals surface area (Å²) in [6, 6.07) is 0. The zero-order valence-electron chi connectivity index (χ0n) is 9.30. The maximum absolute atomic E-state index is 5.40. The van der Waals surface area contributed by atoms with Crippen LogP contribution in [0.25, 0.3) is 0 Å². The fourth-order valence-corrected chi connectivity index (χ4v) is 1.18. The molecule has 2 nitrogen and oxygen atoms in total. The molecule has 13 heavy (non-hydrogen) atoms. The molecule has 0 saturated heterocycles. The zero-order chi connectivity index (χ0) is 10.1. The van der Waals surface area contributed by atoms with Gasteiger partial charge in [-0.05, 0) is 33.3 Å². The predicted molar refractivity (Wildman–Crippen MR) is 55.7 cm³/mol. The summed E-state index contributed by atoms with van der Waals surface area (Å²) in [5.74, 6) is 0. The zero-order valence-corrected chi connectivity index (χ0v) is 9.30. The summed E-state index contributed by atoms with van der Waals surface area (Å²) in [6.45, 7) is 9.65. The van der Waals surface area contributed by atoms with Crippen molar-refractivity contribution in [2.45, 2.75) is 46.8 Å². The molecule has 78 valence electrons. The number of allylic oxidation sites excluding steroid dienone is 1. The summed E-state index contributed by atoms with van der Waals surface area (Å²) in [4.78, 5) is 0. The second kappa shape index (κ2) is 8.27. The first kappa shape index (κ1) is 12.7. The van der Waals surface area contributed by atoms with Crippen molar-refractivity contribution in [3.8, 4) is 0 Å². The third kappa shape index (κ3) is 6.79. The van der Waals surface area contributed by atoms with E-state index in [1.54, 1.807) is 0 Å². The molecule has 0 saturated carbocycles. The molecule has 0 aliphatic rings. The third-order valence-corrected chi connectivity index (χ3v) is 1.73. The molecular weight excluding hydrogens is 164 g/mol. The van der Waals surface area contributed by atoms with E-state index in [0.29, 0.717) is 13.2 Å². The molecule has 0 aromatic rings. The number of ether oxygens (including phenoxy) is 2. The SMILES string of the molecule is CCCC(C)=CC(OCC)OCC.